The number of amidine groups is 1. The molecule has 142 valence electrons. The lowest BCUT2D eigenvalue weighted by Crippen LogP contribution is -2.38. The molecule has 2 aromatic rings. The van der Waals surface area contributed by atoms with Gasteiger partial charge < -0.3 is 4.90 Å². The number of hydrogen-bond donors (Lipinski definition) is 0. The van der Waals surface area contributed by atoms with Gasteiger partial charge in [-0.25, -0.2) is 8.42 Å². The van der Waals surface area contributed by atoms with E-state index >= 15 is 0 Å². The van der Waals surface area contributed by atoms with Crippen molar-refractivity contribution >= 4 is 27.1 Å². The van der Waals surface area contributed by atoms with Crippen molar-refractivity contribution in [2.45, 2.75) is 20.8 Å². The van der Waals surface area contributed by atoms with Gasteiger partial charge in [-0.1, -0.05) is 75.4 Å². The second-order valence-electron chi connectivity index (χ2n) is 8.05. The Hall–Kier alpha value is -2.40. The van der Waals surface area contributed by atoms with E-state index in [0.717, 1.165) is 28.6 Å². The van der Waals surface area contributed by atoms with Crippen LogP contribution < -0.4 is 4.90 Å². The minimum Gasteiger partial charge on any atom is -0.331 e. The third-order valence-corrected chi connectivity index (χ3v) is 5.31. The molecular weight excluding hydrogens is 356 g/mol. The van der Waals surface area contributed by atoms with Gasteiger partial charge in [0.05, 0.1) is 6.26 Å². The van der Waals surface area contributed by atoms with E-state index < -0.39 is 10.0 Å². The van der Waals surface area contributed by atoms with Crippen LogP contribution >= 0.6 is 0 Å². The van der Waals surface area contributed by atoms with Gasteiger partial charge in [0, 0.05) is 24.2 Å². The number of benzene rings is 2. The molecule has 0 aromatic heterocycles. The molecule has 0 spiro atoms. The van der Waals surface area contributed by atoms with Gasteiger partial charge in [0.2, 0.25) is 0 Å². The average molecular weight is 383 g/mol. The Morgan fingerprint density at radius 1 is 0.963 bits per heavy atom. The van der Waals surface area contributed by atoms with Crippen molar-refractivity contribution in [1.82, 2.24) is 0 Å². The van der Waals surface area contributed by atoms with E-state index in [1.807, 2.05) is 48.3 Å². The first-order chi connectivity index (χ1) is 12.6. The Morgan fingerprint density at radius 2 is 1.56 bits per heavy atom. The third-order valence-electron chi connectivity index (χ3n) is 4.79. The summed E-state index contributed by atoms with van der Waals surface area (Å²) < 4.78 is 28.3. The molecule has 1 aliphatic heterocycles. The van der Waals surface area contributed by atoms with Crippen LogP contribution in [0.2, 0.25) is 0 Å². The minimum atomic E-state index is -3.53. The van der Waals surface area contributed by atoms with Crippen molar-refractivity contribution in [2.75, 3.05) is 18.2 Å². The lowest BCUT2D eigenvalue weighted by molar-refractivity contribution is 0.360. The van der Waals surface area contributed by atoms with Gasteiger partial charge in [-0.2, -0.15) is 0 Å². The predicted octanol–water partition coefficient (Wildman–Crippen LogP) is 4.59. The van der Waals surface area contributed by atoms with Gasteiger partial charge in [-0.3, -0.25) is 0 Å². The zero-order valence-electron chi connectivity index (χ0n) is 16.5. The number of nitrogens with zero attached hydrogens (tertiary/aromatic N) is 2. The zero-order chi connectivity index (χ0) is 19.8. The predicted molar refractivity (Wildman–Crippen MR) is 114 cm³/mol. The first-order valence-corrected chi connectivity index (χ1v) is 10.8. The molecular formula is C22H26N2O2S. The van der Waals surface area contributed by atoms with Crippen LogP contribution in [-0.4, -0.2) is 27.6 Å². The van der Waals surface area contributed by atoms with E-state index in [1.165, 1.54) is 0 Å². The van der Waals surface area contributed by atoms with Crippen LogP contribution in [0.25, 0.3) is 5.57 Å². The third kappa shape index (κ3) is 4.14. The molecule has 0 saturated heterocycles. The van der Waals surface area contributed by atoms with Crippen molar-refractivity contribution in [3.05, 3.63) is 71.8 Å². The van der Waals surface area contributed by atoms with E-state index in [0.29, 0.717) is 5.84 Å². The van der Waals surface area contributed by atoms with Crippen LogP contribution in [0.4, 0.5) is 5.69 Å². The molecule has 5 heteroatoms. The average Bonchev–Trinajstić information content (AvgIpc) is 2.70. The van der Waals surface area contributed by atoms with Crippen LogP contribution in [0.5, 0.6) is 0 Å². The maximum atomic E-state index is 12.1. The number of rotatable bonds is 2. The summed E-state index contributed by atoms with van der Waals surface area (Å²) in [6.07, 6.45) is 3.31. The highest BCUT2D eigenvalue weighted by molar-refractivity contribution is 7.89. The highest BCUT2D eigenvalue weighted by Gasteiger charge is 2.35. The maximum Gasteiger partial charge on any atom is 0.251 e. The monoisotopic (exact) mass is 382 g/mol. The summed E-state index contributed by atoms with van der Waals surface area (Å²) in [5.41, 5.74) is 4.01. The molecule has 1 unspecified atom stereocenters. The van der Waals surface area contributed by atoms with E-state index in [2.05, 4.69) is 49.4 Å². The number of sulfonamides is 1. The van der Waals surface area contributed by atoms with Gasteiger partial charge in [0.1, 0.15) is 5.84 Å². The fraction of sp³-hybridized carbons (Fsp3) is 0.318. The molecule has 0 saturated carbocycles. The van der Waals surface area contributed by atoms with E-state index in [-0.39, 0.29) is 11.3 Å². The molecule has 1 aliphatic rings. The molecule has 1 heterocycles. The summed E-state index contributed by atoms with van der Waals surface area (Å²) >= 11 is 0. The van der Waals surface area contributed by atoms with Gasteiger partial charge in [0.25, 0.3) is 10.0 Å². The summed E-state index contributed by atoms with van der Waals surface area (Å²) in [5, 5.41) is 0. The second kappa shape index (κ2) is 6.97. The second-order valence-corrected chi connectivity index (χ2v) is 9.70. The lowest BCUT2D eigenvalue weighted by Gasteiger charge is -2.33. The van der Waals surface area contributed by atoms with Crippen LogP contribution in [-0.2, 0) is 10.0 Å². The largest absolute Gasteiger partial charge is 0.331 e. The van der Waals surface area contributed by atoms with Crippen molar-refractivity contribution in [2.24, 2.45) is 15.7 Å². The van der Waals surface area contributed by atoms with Crippen LogP contribution in [0.1, 0.15) is 31.9 Å². The fourth-order valence-electron chi connectivity index (χ4n) is 3.45. The van der Waals surface area contributed by atoms with Crippen LogP contribution in [0.3, 0.4) is 0 Å². The standard InChI is InChI=1S/C22H26N2O2S/c1-22(2,3)19-15-18(16-11-7-6-8-12-16)17-13-9-10-14-20(17)24(4)21(19)23-27(5,25)26/h6-15,19H,1-5H3/b23-21-. The summed E-state index contributed by atoms with van der Waals surface area (Å²) in [6.45, 7) is 6.33. The molecule has 0 bridgehead atoms. The SMILES string of the molecule is CN1/C(=N\S(C)(=O)=O)C(C(C)(C)C)C=C(c2ccccc2)c2ccccc21. The first kappa shape index (κ1) is 19.4. The Morgan fingerprint density at radius 3 is 2.15 bits per heavy atom. The number of fused-ring (bicyclic) bond motifs is 1. The molecule has 1 atom stereocenters. The Kier molecular flexibility index (Phi) is 5.00. The van der Waals surface area contributed by atoms with Crippen LogP contribution in [0.15, 0.2) is 65.1 Å². The number of hydrogen-bond acceptors (Lipinski definition) is 2. The molecule has 4 nitrogen and oxygen atoms in total. The van der Waals surface area contributed by atoms with Crippen molar-refractivity contribution in [1.29, 1.82) is 0 Å². The number of anilines is 1. The van der Waals surface area contributed by atoms with Gasteiger partial charge in [0.15, 0.2) is 0 Å². The van der Waals surface area contributed by atoms with Gasteiger partial charge in [-0.05, 0) is 22.6 Å². The number of para-hydroxylation sites is 1. The highest BCUT2D eigenvalue weighted by Crippen LogP contribution is 2.41. The highest BCUT2D eigenvalue weighted by atomic mass is 32.2. The summed E-state index contributed by atoms with van der Waals surface area (Å²) in [7, 11) is -1.64. The molecule has 0 amide bonds. The summed E-state index contributed by atoms with van der Waals surface area (Å²) in [6, 6.07) is 18.3. The Bertz CT molecular complexity index is 1000. The Labute approximate surface area is 162 Å². The molecule has 3 rings (SSSR count). The van der Waals surface area contributed by atoms with E-state index in [1.54, 1.807) is 0 Å². The normalized spacial score (nSPS) is 19.4. The molecule has 0 aliphatic carbocycles. The minimum absolute atomic E-state index is 0.167. The lowest BCUT2D eigenvalue weighted by atomic mass is 9.78. The molecule has 0 N–H and O–H groups in total. The molecule has 2 aromatic carbocycles. The smallest absolute Gasteiger partial charge is 0.251 e. The van der Waals surface area contributed by atoms with Gasteiger partial charge >= 0.3 is 0 Å². The topological polar surface area (TPSA) is 49.7 Å². The summed E-state index contributed by atoms with van der Waals surface area (Å²) in [5.74, 6) is 0.378. The molecule has 27 heavy (non-hydrogen) atoms. The van der Waals surface area contributed by atoms with Crippen molar-refractivity contribution < 1.29 is 8.42 Å². The molecule has 0 fully saturated rings. The van der Waals surface area contributed by atoms with Gasteiger partial charge in [-0.15, -0.1) is 4.40 Å². The fourth-order valence-corrected chi connectivity index (χ4v) is 4.03. The van der Waals surface area contributed by atoms with Crippen molar-refractivity contribution in [3.8, 4) is 0 Å². The maximum absolute atomic E-state index is 12.1. The van der Waals surface area contributed by atoms with E-state index in [4.69, 9.17) is 0 Å². The van der Waals surface area contributed by atoms with E-state index in [9.17, 15) is 8.42 Å². The zero-order valence-corrected chi connectivity index (χ0v) is 17.3. The Balaban J connectivity index is 2.37. The quantitative estimate of drug-likeness (QED) is 0.763. The first-order valence-electron chi connectivity index (χ1n) is 8.98. The van der Waals surface area contributed by atoms with Crippen LogP contribution in [0, 0.1) is 11.3 Å². The van der Waals surface area contributed by atoms with Crippen molar-refractivity contribution in [3.63, 3.8) is 0 Å². The molecule has 0 radical (unpaired) electrons. The summed E-state index contributed by atoms with van der Waals surface area (Å²) in [4.78, 5) is 1.92.